The molecule has 12 heteroatoms. The normalized spacial score (nSPS) is 11.0. The summed E-state index contributed by atoms with van der Waals surface area (Å²) in [5.74, 6) is 0.954. The van der Waals surface area contributed by atoms with Gasteiger partial charge in [-0.25, -0.2) is 5.43 Å². The third-order valence-electron chi connectivity index (χ3n) is 5.19. The molecule has 0 aliphatic heterocycles. The lowest BCUT2D eigenvalue weighted by molar-refractivity contribution is -0.384. The Morgan fingerprint density at radius 2 is 1.89 bits per heavy atom. The van der Waals surface area contributed by atoms with E-state index in [0.717, 1.165) is 22.6 Å². The number of nitro groups is 1. The highest BCUT2D eigenvalue weighted by Gasteiger charge is 2.17. The third-order valence-corrected chi connectivity index (χ3v) is 6.46. The molecule has 0 fully saturated rings. The molecule has 0 saturated heterocycles. The number of thioether (sulfide) groups is 1. The Hall–Kier alpha value is -4.22. The summed E-state index contributed by atoms with van der Waals surface area (Å²) in [7, 11) is 1.60. The fourth-order valence-corrected chi connectivity index (χ4v) is 4.21. The number of methoxy groups -OCH3 is 1. The molecule has 1 N–H and O–H groups in total. The van der Waals surface area contributed by atoms with E-state index >= 15 is 0 Å². The number of non-ortho nitro benzene ring substituents is 1. The van der Waals surface area contributed by atoms with Crippen LogP contribution in [0, 0.1) is 17.0 Å². The molecule has 1 aromatic heterocycles. The van der Waals surface area contributed by atoms with Gasteiger partial charge < -0.3 is 4.74 Å². The monoisotopic (exact) mass is 536 g/mol. The molecular formula is C25H21ClN6O4S. The number of nitrogens with one attached hydrogen (secondary N) is 1. The minimum absolute atomic E-state index is 0.00656. The lowest BCUT2D eigenvalue weighted by Crippen LogP contribution is -2.20. The van der Waals surface area contributed by atoms with Crippen molar-refractivity contribution in [3.8, 4) is 22.8 Å². The number of nitro benzene ring substituents is 1. The van der Waals surface area contributed by atoms with Crippen LogP contribution in [0.5, 0.6) is 5.75 Å². The SMILES string of the molecule is COc1ccc(-c2nnc(SCC(=O)NN=Cc3cc([N+](=O)[O-])ccc3Cl)n2-c2ccc(C)cc2)cc1. The number of aromatic nitrogens is 3. The second-order valence-electron chi connectivity index (χ2n) is 7.75. The Balaban J connectivity index is 1.51. The first-order valence-electron chi connectivity index (χ1n) is 10.9. The van der Waals surface area contributed by atoms with Gasteiger partial charge in [0.15, 0.2) is 11.0 Å². The summed E-state index contributed by atoms with van der Waals surface area (Å²) in [5, 5.41) is 24.3. The summed E-state index contributed by atoms with van der Waals surface area (Å²) in [4.78, 5) is 22.9. The molecule has 0 radical (unpaired) electrons. The van der Waals surface area contributed by atoms with Crippen molar-refractivity contribution in [1.82, 2.24) is 20.2 Å². The number of aryl methyl sites for hydroxylation is 1. The van der Waals surface area contributed by atoms with Gasteiger partial charge in [-0.2, -0.15) is 5.10 Å². The molecule has 37 heavy (non-hydrogen) atoms. The van der Waals surface area contributed by atoms with Gasteiger partial charge in [0.05, 0.1) is 24.0 Å². The molecular weight excluding hydrogens is 516 g/mol. The summed E-state index contributed by atoms with van der Waals surface area (Å²) < 4.78 is 7.13. The summed E-state index contributed by atoms with van der Waals surface area (Å²) in [5.41, 5.74) is 5.38. The first kappa shape index (κ1) is 25.9. The summed E-state index contributed by atoms with van der Waals surface area (Å²) in [6.45, 7) is 2.00. The second-order valence-corrected chi connectivity index (χ2v) is 9.10. The highest BCUT2D eigenvalue weighted by Crippen LogP contribution is 2.29. The van der Waals surface area contributed by atoms with E-state index in [1.54, 1.807) is 7.11 Å². The van der Waals surface area contributed by atoms with Crippen molar-refractivity contribution >= 4 is 41.2 Å². The Bertz CT molecular complexity index is 1460. The molecule has 1 amide bonds. The minimum atomic E-state index is -0.534. The lowest BCUT2D eigenvalue weighted by Gasteiger charge is -2.11. The summed E-state index contributed by atoms with van der Waals surface area (Å²) in [6, 6.07) is 19.3. The zero-order chi connectivity index (χ0) is 26.4. The number of carbonyl (C=O) groups is 1. The van der Waals surface area contributed by atoms with Crippen LogP contribution in [0.15, 0.2) is 77.0 Å². The summed E-state index contributed by atoms with van der Waals surface area (Å²) >= 11 is 7.25. The quantitative estimate of drug-likeness (QED) is 0.137. The molecule has 0 bridgehead atoms. The first-order valence-corrected chi connectivity index (χ1v) is 12.3. The van der Waals surface area contributed by atoms with Crippen molar-refractivity contribution in [3.05, 3.63) is 93.0 Å². The molecule has 4 rings (SSSR count). The van der Waals surface area contributed by atoms with Gasteiger partial charge in [-0.1, -0.05) is 41.1 Å². The predicted octanol–water partition coefficient (Wildman–Crippen LogP) is 5.06. The number of carbonyl (C=O) groups excluding carboxylic acids is 1. The van der Waals surface area contributed by atoms with Crippen LogP contribution in [0.25, 0.3) is 17.1 Å². The fraction of sp³-hybridized carbons (Fsp3) is 0.120. The number of nitrogens with zero attached hydrogens (tertiary/aromatic N) is 5. The molecule has 0 aliphatic rings. The van der Waals surface area contributed by atoms with Crippen molar-refractivity contribution in [1.29, 1.82) is 0 Å². The molecule has 0 spiro atoms. The Morgan fingerprint density at radius 3 is 2.57 bits per heavy atom. The molecule has 0 saturated carbocycles. The molecule has 1 heterocycles. The smallest absolute Gasteiger partial charge is 0.270 e. The van der Waals surface area contributed by atoms with Gasteiger partial charge in [-0.15, -0.1) is 10.2 Å². The largest absolute Gasteiger partial charge is 0.497 e. The van der Waals surface area contributed by atoms with Gasteiger partial charge in [-0.3, -0.25) is 19.5 Å². The van der Waals surface area contributed by atoms with Crippen molar-refractivity contribution in [3.63, 3.8) is 0 Å². The molecule has 0 unspecified atom stereocenters. The summed E-state index contributed by atoms with van der Waals surface area (Å²) in [6.07, 6.45) is 1.26. The second kappa shape index (κ2) is 11.7. The number of hydrogen-bond donors (Lipinski definition) is 1. The highest BCUT2D eigenvalue weighted by atomic mass is 35.5. The van der Waals surface area contributed by atoms with E-state index in [0.29, 0.717) is 16.5 Å². The highest BCUT2D eigenvalue weighted by molar-refractivity contribution is 7.99. The standard InChI is InChI=1S/C25H21ClN6O4S/c1-16-3-7-19(8-4-16)31-24(17-5-10-21(36-2)11-6-17)29-30-25(31)37-15-23(33)28-27-14-18-13-20(32(34)35)9-12-22(18)26/h3-14H,15H2,1-2H3,(H,28,33). The van der Waals surface area contributed by atoms with E-state index in [1.807, 2.05) is 60.0 Å². The van der Waals surface area contributed by atoms with Crippen LogP contribution in [0.4, 0.5) is 5.69 Å². The molecule has 0 atom stereocenters. The number of ether oxygens (including phenoxy) is 1. The minimum Gasteiger partial charge on any atom is -0.497 e. The fourth-order valence-electron chi connectivity index (χ4n) is 3.30. The molecule has 3 aromatic carbocycles. The Labute approximate surface area is 221 Å². The number of benzene rings is 3. The van der Waals surface area contributed by atoms with Crippen molar-refractivity contribution in [2.24, 2.45) is 5.10 Å². The average Bonchev–Trinajstić information content (AvgIpc) is 3.33. The number of hydrazone groups is 1. The van der Waals surface area contributed by atoms with Gasteiger partial charge in [0, 0.05) is 34.0 Å². The Morgan fingerprint density at radius 1 is 1.16 bits per heavy atom. The van der Waals surface area contributed by atoms with E-state index in [1.165, 1.54) is 36.2 Å². The Kier molecular flexibility index (Phi) is 8.16. The van der Waals surface area contributed by atoms with E-state index in [-0.39, 0.29) is 16.5 Å². The molecule has 4 aromatic rings. The predicted molar refractivity (Wildman–Crippen MR) is 143 cm³/mol. The maximum atomic E-state index is 12.4. The molecule has 188 valence electrons. The van der Waals surface area contributed by atoms with Gasteiger partial charge in [0.2, 0.25) is 0 Å². The maximum Gasteiger partial charge on any atom is 0.270 e. The maximum absolute atomic E-state index is 12.4. The topological polar surface area (TPSA) is 125 Å². The zero-order valence-corrected chi connectivity index (χ0v) is 21.4. The zero-order valence-electron chi connectivity index (χ0n) is 19.8. The van der Waals surface area contributed by atoms with Crippen molar-refractivity contribution < 1.29 is 14.5 Å². The van der Waals surface area contributed by atoms with E-state index in [4.69, 9.17) is 16.3 Å². The van der Waals surface area contributed by atoms with Gasteiger partial charge >= 0.3 is 0 Å². The average molecular weight is 537 g/mol. The number of halogens is 1. The van der Waals surface area contributed by atoms with Crippen LogP contribution in [-0.4, -0.2) is 44.7 Å². The number of rotatable bonds is 9. The van der Waals surface area contributed by atoms with Crippen LogP contribution < -0.4 is 10.2 Å². The van der Waals surface area contributed by atoms with Gasteiger partial charge in [0.1, 0.15) is 5.75 Å². The number of hydrogen-bond acceptors (Lipinski definition) is 8. The van der Waals surface area contributed by atoms with Gasteiger partial charge in [0.25, 0.3) is 11.6 Å². The van der Waals surface area contributed by atoms with Crippen LogP contribution in [0.2, 0.25) is 5.02 Å². The van der Waals surface area contributed by atoms with Crippen molar-refractivity contribution in [2.75, 3.05) is 12.9 Å². The van der Waals surface area contributed by atoms with E-state index in [9.17, 15) is 14.9 Å². The lowest BCUT2D eigenvalue weighted by atomic mass is 10.2. The number of amides is 1. The molecule has 0 aliphatic carbocycles. The van der Waals surface area contributed by atoms with Crippen LogP contribution in [0.3, 0.4) is 0 Å². The van der Waals surface area contributed by atoms with E-state index < -0.39 is 10.8 Å². The van der Waals surface area contributed by atoms with E-state index in [2.05, 4.69) is 20.7 Å². The van der Waals surface area contributed by atoms with Crippen molar-refractivity contribution in [2.45, 2.75) is 12.1 Å². The first-order chi connectivity index (χ1) is 17.9. The van der Waals surface area contributed by atoms with Crippen LogP contribution in [-0.2, 0) is 4.79 Å². The molecule has 10 nitrogen and oxygen atoms in total. The van der Waals surface area contributed by atoms with Gasteiger partial charge in [-0.05, 0) is 49.4 Å². The third kappa shape index (κ3) is 6.32. The van der Waals surface area contributed by atoms with Crippen LogP contribution >= 0.6 is 23.4 Å². The van der Waals surface area contributed by atoms with Crippen LogP contribution in [0.1, 0.15) is 11.1 Å².